The summed E-state index contributed by atoms with van der Waals surface area (Å²) in [4.78, 5) is 20.4. The van der Waals surface area contributed by atoms with E-state index in [0.717, 1.165) is 57.4 Å². The van der Waals surface area contributed by atoms with Crippen molar-refractivity contribution in [2.75, 3.05) is 0 Å². The maximum Gasteiger partial charge on any atom is 0.269 e. The van der Waals surface area contributed by atoms with Crippen molar-refractivity contribution in [3.8, 4) is 34.7 Å². The molecule has 1 N–H and O–H groups in total. The minimum Gasteiger partial charge on any atom is -0.346 e. The lowest BCUT2D eigenvalue weighted by Crippen LogP contribution is -2.12. The highest BCUT2D eigenvalue weighted by Crippen LogP contribution is 2.30. The van der Waals surface area contributed by atoms with Crippen LogP contribution in [0.5, 0.6) is 0 Å². The molecule has 7 aromatic rings. The lowest BCUT2D eigenvalue weighted by Gasteiger charge is -2.09. The minimum absolute atomic E-state index is 0.194. The Kier molecular flexibility index (Phi) is 8.80. The zero-order valence-corrected chi connectivity index (χ0v) is 27.3. The first-order chi connectivity index (χ1) is 23.3. The fraction of sp³-hybridized carbons (Fsp3) is 0.135. The Morgan fingerprint density at radius 1 is 0.729 bits per heavy atom. The van der Waals surface area contributed by atoms with Gasteiger partial charge in [0.1, 0.15) is 18.3 Å². The SMILES string of the molecule is CCc1ccc(-c2ncnc3[nH]ccc23)cc1C#N.CCc1ccc(-c2ncnc3c2ccn3S(=O)(=O)c2ccc(C)cc2)cc1C#N. The summed E-state index contributed by atoms with van der Waals surface area (Å²) in [6, 6.07) is 26.3. The molecule has 10 nitrogen and oxygen atoms in total. The lowest BCUT2D eigenvalue weighted by molar-refractivity contribution is 0.588. The van der Waals surface area contributed by atoms with E-state index in [4.69, 9.17) is 0 Å². The molecule has 0 atom stereocenters. The van der Waals surface area contributed by atoms with Crippen LogP contribution in [0.1, 0.15) is 41.7 Å². The number of fused-ring (bicyclic) bond motifs is 2. The number of aromatic amines is 1. The Bertz CT molecular complexity index is 2480. The Balaban J connectivity index is 0.000000182. The van der Waals surface area contributed by atoms with Gasteiger partial charge in [0.15, 0.2) is 5.65 Å². The first-order valence-corrected chi connectivity index (χ1v) is 16.7. The molecule has 0 amide bonds. The first-order valence-electron chi connectivity index (χ1n) is 15.3. The van der Waals surface area contributed by atoms with Gasteiger partial charge in [0.2, 0.25) is 0 Å². The molecule has 0 aliphatic heterocycles. The number of nitrogens with zero attached hydrogens (tertiary/aromatic N) is 7. The highest BCUT2D eigenvalue weighted by Gasteiger charge is 2.21. The fourth-order valence-corrected chi connectivity index (χ4v) is 6.85. The van der Waals surface area contributed by atoms with Gasteiger partial charge in [-0.1, -0.05) is 55.8 Å². The number of H-pyrrole nitrogens is 1. The van der Waals surface area contributed by atoms with Gasteiger partial charge in [0.25, 0.3) is 10.0 Å². The van der Waals surface area contributed by atoms with Crippen LogP contribution < -0.4 is 0 Å². The van der Waals surface area contributed by atoms with Gasteiger partial charge >= 0.3 is 0 Å². The Labute approximate surface area is 278 Å². The zero-order valence-electron chi connectivity index (χ0n) is 26.5. The van der Waals surface area contributed by atoms with Crippen molar-refractivity contribution >= 4 is 32.1 Å². The monoisotopic (exact) mass is 650 g/mol. The molecule has 48 heavy (non-hydrogen) atoms. The second-order valence-electron chi connectivity index (χ2n) is 11.0. The molecular formula is C37H30N8O2S. The Morgan fingerprint density at radius 2 is 1.31 bits per heavy atom. The van der Waals surface area contributed by atoms with Crippen LogP contribution in [0, 0.1) is 29.6 Å². The van der Waals surface area contributed by atoms with Gasteiger partial charge in [0, 0.05) is 34.3 Å². The molecule has 0 fully saturated rings. The predicted molar refractivity (Wildman–Crippen MR) is 184 cm³/mol. The standard InChI is InChI=1S/C22H18N4O2S.C15H12N4/c1-3-16-6-7-17(12-18(16)13-23)21-20-10-11-26(22(20)25-14-24-21)29(27,28)19-8-4-15(2)5-9-19;1-2-10-3-4-11(7-12(10)8-16)14-13-5-6-17-15(13)19-9-18-14/h4-12,14H,3H2,1-2H3;3-7,9H,2H2,1H3,(H,17,18,19). The van der Waals surface area contributed by atoms with E-state index in [1.165, 1.54) is 22.8 Å². The summed E-state index contributed by atoms with van der Waals surface area (Å²) in [6.07, 6.45) is 7.82. The number of hydrogen-bond acceptors (Lipinski definition) is 8. The molecule has 4 heterocycles. The molecule has 0 aliphatic rings. The predicted octanol–water partition coefficient (Wildman–Crippen LogP) is 7.14. The summed E-state index contributed by atoms with van der Waals surface area (Å²) in [7, 11) is -3.79. The van der Waals surface area contributed by atoms with Gasteiger partial charge in [-0.15, -0.1) is 0 Å². The second kappa shape index (κ2) is 13.3. The fourth-order valence-electron chi connectivity index (χ4n) is 5.55. The van der Waals surface area contributed by atoms with Gasteiger partial charge < -0.3 is 4.98 Å². The summed E-state index contributed by atoms with van der Waals surface area (Å²) >= 11 is 0. The molecule has 0 saturated heterocycles. The highest BCUT2D eigenvalue weighted by atomic mass is 32.2. The quantitative estimate of drug-likeness (QED) is 0.199. The van der Waals surface area contributed by atoms with Gasteiger partial charge in [-0.3, -0.25) is 0 Å². The van der Waals surface area contributed by atoms with E-state index in [0.29, 0.717) is 27.9 Å². The average Bonchev–Trinajstić information content (AvgIpc) is 3.80. The Morgan fingerprint density at radius 3 is 1.90 bits per heavy atom. The minimum atomic E-state index is -3.79. The van der Waals surface area contributed by atoms with E-state index in [9.17, 15) is 18.9 Å². The molecule has 0 aliphatic carbocycles. The van der Waals surface area contributed by atoms with E-state index in [-0.39, 0.29) is 4.90 Å². The second-order valence-corrected chi connectivity index (χ2v) is 12.8. The number of hydrogen-bond donors (Lipinski definition) is 1. The third-order valence-corrected chi connectivity index (χ3v) is 9.83. The number of nitrogens with one attached hydrogen (secondary N) is 1. The summed E-state index contributed by atoms with van der Waals surface area (Å²) in [5, 5.41) is 20.2. The van der Waals surface area contributed by atoms with Crippen LogP contribution in [0.15, 0.2) is 103 Å². The smallest absolute Gasteiger partial charge is 0.269 e. The van der Waals surface area contributed by atoms with E-state index < -0.39 is 10.0 Å². The van der Waals surface area contributed by atoms with Crippen molar-refractivity contribution in [1.29, 1.82) is 10.5 Å². The number of nitriles is 2. The summed E-state index contributed by atoms with van der Waals surface area (Å²) in [6.45, 7) is 5.94. The van der Waals surface area contributed by atoms with E-state index in [2.05, 4.69) is 37.1 Å². The van der Waals surface area contributed by atoms with Crippen LogP contribution in [-0.2, 0) is 22.9 Å². The van der Waals surface area contributed by atoms with E-state index in [1.807, 2.05) is 63.4 Å². The van der Waals surface area contributed by atoms with Crippen molar-refractivity contribution in [2.24, 2.45) is 0 Å². The van der Waals surface area contributed by atoms with Gasteiger partial charge in [-0.05, 0) is 67.3 Å². The van der Waals surface area contributed by atoms with Crippen molar-refractivity contribution in [2.45, 2.75) is 38.5 Å². The van der Waals surface area contributed by atoms with E-state index >= 15 is 0 Å². The van der Waals surface area contributed by atoms with Gasteiger partial charge in [0.05, 0.1) is 39.5 Å². The van der Waals surface area contributed by atoms with Crippen LogP contribution >= 0.6 is 0 Å². The molecule has 236 valence electrons. The van der Waals surface area contributed by atoms with Crippen LogP contribution in [0.4, 0.5) is 0 Å². The van der Waals surface area contributed by atoms with Crippen LogP contribution in [0.3, 0.4) is 0 Å². The summed E-state index contributed by atoms with van der Waals surface area (Å²) in [5.74, 6) is 0. The van der Waals surface area contributed by atoms with Crippen LogP contribution in [0.25, 0.3) is 44.6 Å². The number of rotatable bonds is 6. The molecule has 4 aromatic heterocycles. The maximum absolute atomic E-state index is 13.1. The number of aromatic nitrogens is 6. The van der Waals surface area contributed by atoms with Gasteiger partial charge in [-0.2, -0.15) is 10.5 Å². The van der Waals surface area contributed by atoms with Crippen molar-refractivity contribution < 1.29 is 8.42 Å². The number of aryl methyl sites for hydroxylation is 3. The lowest BCUT2D eigenvalue weighted by atomic mass is 10.0. The molecule has 0 unspecified atom stereocenters. The Hall–Kier alpha value is -6.17. The van der Waals surface area contributed by atoms with Crippen molar-refractivity contribution in [3.05, 3.63) is 126 Å². The topological polar surface area (TPSA) is 154 Å². The van der Waals surface area contributed by atoms with Crippen molar-refractivity contribution in [1.82, 2.24) is 28.9 Å². The number of benzene rings is 3. The molecular weight excluding hydrogens is 621 g/mol. The molecule has 0 bridgehead atoms. The molecule has 11 heteroatoms. The van der Waals surface area contributed by atoms with Crippen LogP contribution in [0.2, 0.25) is 0 Å². The third kappa shape index (κ3) is 5.91. The average molecular weight is 651 g/mol. The van der Waals surface area contributed by atoms with Crippen LogP contribution in [-0.4, -0.2) is 37.3 Å². The summed E-state index contributed by atoms with van der Waals surface area (Å²) in [5.41, 5.74) is 8.54. The summed E-state index contributed by atoms with van der Waals surface area (Å²) < 4.78 is 27.4. The molecule has 0 saturated carbocycles. The zero-order chi connectivity index (χ0) is 33.8. The van der Waals surface area contributed by atoms with Crippen molar-refractivity contribution in [3.63, 3.8) is 0 Å². The maximum atomic E-state index is 13.1. The first kappa shape index (κ1) is 31.8. The molecule has 0 radical (unpaired) electrons. The molecule has 7 rings (SSSR count). The van der Waals surface area contributed by atoms with Gasteiger partial charge in [-0.25, -0.2) is 32.3 Å². The third-order valence-electron chi connectivity index (χ3n) is 8.15. The molecule has 3 aromatic carbocycles. The highest BCUT2D eigenvalue weighted by molar-refractivity contribution is 7.90. The van der Waals surface area contributed by atoms with E-state index in [1.54, 1.807) is 36.4 Å². The largest absolute Gasteiger partial charge is 0.346 e. The molecule has 0 spiro atoms. The normalized spacial score (nSPS) is 11.1.